The van der Waals surface area contributed by atoms with Crippen LogP contribution in [0.25, 0.3) is 0 Å². The highest BCUT2D eigenvalue weighted by atomic mass is 35.5. The number of piperidine rings is 3. The van der Waals surface area contributed by atoms with E-state index in [1.165, 1.54) is 36.4 Å². The summed E-state index contributed by atoms with van der Waals surface area (Å²) in [5, 5.41) is 15.2. The molecule has 0 radical (unpaired) electrons. The van der Waals surface area contributed by atoms with E-state index in [-0.39, 0.29) is 80.6 Å². The molecule has 3 atom stereocenters. The summed E-state index contributed by atoms with van der Waals surface area (Å²) in [4.78, 5) is 30.5. The van der Waals surface area contributed by atoms with Gasteiger partial charge in [-0.15, -0.1) is 0 Å². The molecular weight excluding hydrogens is 833 g/mol. The van der Waals surface area contributed by atoms with Crippen molar-refractivity contribution in [1.82, 2.24) is 4.90 Å². The average molecular weight is 876 g/mol. The molecular formula is C41H42Cl2F2N4O9S. The van der Waals surface area contributed by atoms with Crippen LogP contribution in [0.1, 0.15) is 64.9 Å². The molecule has 4 aromatic rings. The zero-order chi connectivity index (χ0) is 41.8. The highest BCUT2D eigenvalue weighted by molar-refractivity contribution is 7.92. The van der Waals surface area contributed by atoms with Crippen molar-refractivity contribution in [3.05, 3.63) is 117 Å². The van der Waals surface area contributed by atoms with Crippen molar-refractivity contribution in [2.45, 2.75) is 57.0 Å². The monoisotopic (exact) mass is 874 g/mol. The molecule has 3 aliphatic heterocycles. The number of esters is 2. The van der Waals surface area contributed by atoms with Crippen LogP contribution in [-0.2, 0) is 30.7 Å². The fraction of sp³-hybridized carbons (Fsp3) is 0.390. The molecule has 2 bridgehead atoms. The summed E-state index contributed by atoms with van der Waals surface area (Å²) in [5.74, 6) is -1.24. The van der Waals surface area contributed by atoms with E-state index in [4.69, 9.17) is 42.1 Å². The number of nitrogens with one attached hydrogen (secondary N) is 2. The van der Waals surface area contributed by atoms with Crippen LogP contribution in [0.4, 0.5) is 20.2 Å². The van der Waals surface area contributed by atoms with Crippen LogP contribution in [0.15, 0.2) is 79.1 Å². The smallest absolute Gasteiger partial charge is 0.387 e. The summed E-state index contributed by atoms with van der Waals surface area (Å²) < 4.78 is 77.3. The Kier molecular flexibility index (Phi) is 13.0. The van der Waals surface area contributed by atoms with E-state index in [0.717, 1.165) is 57.4 Å². The molecule has 1 aliphatic carbocycles. The Morgan fingerprint density at radius 1 is 0.932 bits per heavy atom. The van der Waals surface area contributed by atoms with Gasteiger partial charge < -0.3 is 29.5 Å². The van der Waals surface area contributed by atoms with Crippen molar-refractivity contribution >= 4 is 56.5 Å². The molecule has 1 saturated carbocycles. The second-order valence-corrected chi connectivity index (χ2v) is 17.6. The number of ether oxygens (including phenoxy) is 4. The molecule has 1 unspecified atom stereocenters. The predicted octanol–water partition coefficient (Wildman–Crippen LogP) is 7.32. The molecule has 4 heterocycles. The average Bonchev–Trinajstić information content (AvgIpc) is 4.02. The molecule has 0 amide bonds. The van der Waals surface area contributed by atoms with Crippen LogP contribution in [0, 0.1) is 17.0 Å². The number of hydrogen-bond donors (Lipinski definition) is 2. The van der Waals surface area contributed by atoms with Crippen LogP contribution in [0.2, 0.25) is 10.0 Å². The Morgan fingerprint density at radius 2 is 1.63 bits per heavy atom. The van der Waals surface area contributed by atoms with Gasteiger partial charge in [0, 0.05) is 24.2 Å². The molecule has 4 fully saturated rings. The lowest BCUT2D eigenvalue weighted by Gasteiger charge is -2.44. The van der Waals surface area contributed by atoms with E-state index in [1.807, 2.05) is 0 Å². The molecule has 314 valence electrons. The van der Waals surface area contributed by atoms with Crippen molar-refractivity contribution in [3.8, 4) is 11.5 Å². The second-order valence-electron chi connectivity index (χ2n) is 15.0. The minimum atomic E-state index is -3.86. The van der Waals surface area contributed by atoms with Crippen molar-refractivity contribution in [3.63, 3.8) is 0 Å². The molecule has 1 aromatic heterocycles. The first-order valence-corrected chi connectivity index (χ1v) is 21.7. The summed E-state index contributed by atoms with van der Waals surface area (Å²) in [7, 11) is -3.86. The summed E-state index contributed by atoms with van der Waals surface area (Å²) in [6, 6.07) is 16.0. The summed E-state index contributed by atoms with van der Waals surface area (Å²) in [6.07, 6.45) is 5.10. The highest BCUT2D eigenvalue weighted by Crippen LogP contribution is 2.39. The molecule has 59 heavy (non-hydrogen) atoms. The van der Waals surface area contributed by atoms with Crippen molar-refractivity contribution in [2.24, 2.45) is 11.8 Å². The number of pyridine rings is 1. The number of aromatic nitrogens is 1. The molecule has 18 heteroatoms. The Balaban J connectivity index is 1.22. The van der Waals surface area contributed by atoms with Crippen molar-refractivity contribution < 1.29 is 50.5 Å². The third-order valence-corrected chi connectivity index (χ3v) is 11.7. The number of hydrogen-bond acceptors (Lipinski definition) is 11. The summed E-state index contributed by atoms with van der Waals surface area (Å²) >= 11 is 12.9. The first-order valence-electron chi connectivity index (χ1n) is 19.0. The predicted molar refractivity (Wildman–Crippen MR) is 215 cm³/mol. The molecule has 13 nitrogen and oxygen atoms in total. The highest BCUT2D eigenvalue weighted by Gasteiger charge is 2.38. The number of rotatable bonds is 17. The van der Waals surface area contributed by atoms with Gasteiger partial charge in [-0.3, -0.25) is 9.62 Å². The van der Waals surface area contributed by atoms with E-state index in [9.17, 15) is 32.0 Å². The number of fused-ring (bicyclic) bond motifs is 3. The van der Waals surface area contributed by atoms with Gasteiger partial charge in [0.25, 0.3) is 0 Å². The normalized spacial score (nSPS) is 19.7. The Bertz CT molecular complexity index is 2260. The van der Waals surface area contributed by atoms with Gasteiger partial charge in [-0.1, -0.05) is 59.6 Å². The zero-order valence-corrected chi connectivity index (χ0v) is 34.2. The van der Waals surface area contributed by atoms with Gasteiger partial charge in [0.15, 0.2) is 29.9 Å². The fourth-order valence-electron chi connectivity index (χ4n) is 7.31. The lowest BCUT2D eigenvalue weighted by molar-refractivity contribution is -0.605. The van der Waals surface area contributed by atoms with Crippen LogP contribution in [0.5, 0.6) is 11.5 Å². The van der Waals surface area contributed by atoms with E-state index >= 15 is 0 Å². The van der Waals surface area contributed by atoms with Gasteiger partial charge in [0.05, 0.1) is 24.1 Å². The van der Waals surface area contributed by atoms with E-state index in [2.05, 4.69) is 14.9 Å². The van der Waals surface area contributed by atoms with Crippen LogP contribution < -0.4 is 24.2 Å². The number of alkyl halides is 2. The van der Waals surface area contributed by atoms with Crippen molar-refractivity contribution in [2.75, 3.05) is 42.5 Å². The zero-order valence-electron chi connectivity index (χ0n) is 31.8. The number of carbonyl (C=O) groups excluding carboxylic acids is 2. The minimum absolute atomic E-state index is 0.0127. The standard InChI is InChI=1S/C41H42Cl2F2N4O9S/c1-59(53,54)47-30-16-28(15-29(18-30)46-38(26-5-3-2-4-6-26)40(51)57-37-22-48-13-11-25(37)12-14-48)39(50)56-35(19-31-32(42)20-49(52)21-33(31)43)27-9-10-34(58-41(44)45)36(17-27)55-23-24-7-8-24/h2-6,9-10,15-18,20-21,24-25,35,37-38,41,46-47H,7-8,11-14,19,22-23H2,1H3/t35-,37-,38?/m0/s1. The third-order valence-electron chi connectivity index (χ3n) is 10.4. The molecule has 2 N–H and O–H groups in total. The third kappa shape index (κ3) is 11.2. The van der Waals surface area contributed by atoms with Crippen molar-refractivity contribution in [1.29, 1.82) is 0 Å². The lowest BCUT2D eigenvalue weighted by Crippen LogP contribution is -2.52. The van der Waals surface area contributed by atoms with Crippen LogP contribution >= 0.6 is 23.2 Å². The quantitative estimate of drug-likeness (QED) is 0.0622. The van der Waals surface area contributed by atoms with E-state index in [1.54, 1.807) is 30.3 Å². The van der Waals surface area contributed by atoms with Crippen LogP contribution in [0.3, 0.4) is 0 Å². The number of nitrogens with zero attached hydrogens (tertiary/aromatic N) is 2. The van der Waals surface area contributed by atoms with Gasteiger partial charge in [0.1, 0.15) is 22.3 Å². The number of carbonyl (C=O) groups is 2. The van der Waals surface area contributed by atoms with Gasteiger partial charge in [-0.25, -0.2) is 18.0 Å². The minimum Gasteiger partial charge on any atom is -0.619 e. The summed E-state index contributed by atoms with van der Waals surface area (Å²) in [6.45, 7) is -0.343. The first-order chi connectivity index (χ1) is 28.2. The SMILES string of the molecule is CS(=O)(=O)Nc1cc(NC(C(=O)O[C@H]2CN3CCC2CC3)c2ccccc2)cc(C(=O)O[C@@H](Cc2c(Cl)c[n+]([O-])cc2Cl)c2ccc(OC(F)F)c(OCC3CC3)c2)c1. The maximum atomic E-state index is 14.3. The number of anilines is 2. The molecule has 8 rings (SSSR count). The largest absolute Gasteiger partial charge is 0.619 e. The Hall–Kier alpha value is -4.90. The topological polar surface area (TPSA) is 159 Å². The van der Waals surface area contributed by atoms with E-state index in [0.29, 0.717) is 16.8 Å². The maximum Gasteiger partial charge on any atom is 0.387 e. The van der Waals surface area contributed by atoms with Gasteiger partial charge in [0.2, 0.25) is 10.0 Å². The number of halogens is 4. The number of sulfonamides is 1. The van der Waals surface area contributed by atoms with Gasteiger partial charge >= 0.3 is 18.6 Å². The maximum absolute atomic E-state index is 14.3. The Labute approximate surface area is 350 Å². The lowest BCUT2D eigenvalue weighted by atomic mass is 9.86. The molecule has 0 spiro atoms. The fourth-order valence-corrected chi connectivity index (χ4v) is 8.46. The van der Waals surface area contributed by atoms with Crippen LogP contribution in [-0.4, -0.2) is 70.5 Å². The van der Waals surface area contributed by atoms with Gasteiger partial charge in [-0.2, -0.15) is 13.5 Å². The molecule has 3 aromatic carbocycles. The second kappa shape index (κ2) is 18.2. The molecule has 3 saturated heterocycles. The first kappa shape index (κ1) is 42.2. The molecule has 4 aliphatic rings. The van der Waals surface area contributed by atoms with E-state index < -0.39 is 40.7 Å². The van der Waals surface area contributed by atoms with Gasteiger partial charge in [-0.05, 0) is 92.1 Å². The summed E-state index contributed by atoms with van der Waals surface area (Å²) in [5.41, 5.74) is 1.12. The Morgan fingerprint density at radius 3 is 2.25 bits per heavy atom. The number of benzene rings is 3.